The molecule has 1 unspecified atom stereocenters. The Balaban J connectivity index is 3.02. The highest BCUT2D eigenvalue weighted by atomic mass is 19.1. The van der Waals surface area contributed by atoms with Gasteiger partial charge in [-0.3, -0.25) is 0 Å². The zero-order valence-electron chi connectivity index (χ0n) is 10.4. The summed E-state index contributed by atoms with van der Waals surface area (Å²) in [7, 11) is 0. The van der Waals surface area contributed by atoms with Crippen molar-refractivity contribution in [3.8, 4) is 0 Å². The number of rotatable bonds is 5. The summed E-state index contributed by atoms with van der Waals surface area (Å²) < 4.78 is 26.8. The van der Waals surface area contributed by atoms with E-state index in [-0.39, 0.29) is 12.2 Å². The van der Waals surface area contributed by atoms with Crippen LogP contribution in [0.1, 0.15) is 26.3 Å². The molecule has 96 valence electrons. The van der Waals surface area contributed by atoms with Crippen molar-refractivity contribution in [3.05, 3.63) is 35.4 Å². The minimum atomic E-state index is -0.962. The van der Waals surface area contributed by atoms with Gasteiger partial charge in [-0.2, -0.15) is 0 Å². The molecule has 0 aromatic heterocycles. The van der Waals surface area contributed by atoms with E-state index >= 15 is 0 Å². The van der Waals surface area contributed by atoms with E-state index in [2.05, 4.69) is 5.32 Å². The predicted molar refractivity (Wildman–Crippen MR) is 63.6 cm³/mol. The third-order valence-electron chi connectivity index (χ3n) is 2.74. The maximum Gasteiger partial charge on any atom is 0.128 e. The van der Waals surface area contributed by atoms with Gasteiger partial charge in [0.1, 0.15) is 11.6 Å². The zero-order chi connectivity index (χ0) is 13.1. The molecule has 17 heavy (non-hydrogen) atoms. The van der Waals surface area contributed by atoms with E-state index in [9.17, 15) is 13.9 Å². The van der Waals surface area contributed by atoms with E-state index in [1.807, 2.05) is 13.8 Å². The molecule has 0 spiro atoms. The van der Waals surface area contributed by atoms with Gasteiger partial charge in [-0.1, -0.05) is 13.8 Å². The monoisotopic (exact) mass is 243 g/mol. The van der Waals surface area contributed by atoms with Crippen molar-refractivity contribution in [2.24, 2.45) is 5.92 Å². The lowest BCUT2D eigenvalue weighted by molar-refractivity contribution is 0.167. The third kappa shape index (κ3) is 3.48. The van der Waals surface area contributed by atoms with E-state index in [0.29, 0.717) is 12.5 Å². The highest BCUT2D eigenvalue weighted by Crippen LogP contribution is 2.24. The van der Waals surface area contributed by atoms with Crippen molar-refractivity contribution >= 4 is 0 Å². The van der Waals surface area contributed by atoms with Crippen LogP contribution in [0.3, 0.4) is 0 Å². The van der Waals surface area contributed by atoms with Gasteiger partial charge in [0, 0.05) is 5.56 Å². The number of aliphatic hydroxyl groups excluding tert-OH is 1. The Morgan fingerprint density at radius 3 is 2.53 bits per heavy atom. The first-order chi connectivity index (χ1) is 7.89. The molecule has 0 heterocycles. The molecule has 0 radical (unpaired) electrons. The minimum Gasteiger partial charge on any atom is -0.394 e. The second kappa shape index (κ2) is 5.56. The van der Waals surface area contributed by atoms with Crippen LogP contribution in [-0.4, -0.2) is 18.3 Å². The van der Waals surface area contributed by atoms with E-state index in [1.165, 1.54) is 0 Å². The zero-order valence-corrected chi connectivity index (χ0v) is 10.4. The van der Waals surface area contributed by atoms with Crippen LogP contribution >= 0.6 is 0 Å². The van der Waals surface area contributed by atoms with Crippen molar-refractivity contribution in [1.82, 2.24) is 5.32 Å². The first-order valence-corrected chi connectivity index (χ1v) is 5.70. The number of nitrogens with one attached hydrogen (secondary N) is 1. The third-order valence-corrected chi connectivity index (χ3v) is 2.74. The fourth-order valence-electron chi connectivity index (χ4n) is 1.59. The fourth-order valence-corrected chi connectivity index (χ4v) is 1.59. The lowest BCUT2D eigenvalue weighted by Crippen LogP contribution is -2.45. The van der Waals surface area contributed by atoms with Crippen LogP contribution in [0.5, 0.6) is 0 Å². The highest BCUT2D eigenvalue weighted by Gasteiger charge is 2.28. The quantitative estimate of drug-likeness (QED) is 0.832. The standard InChI is InChI=1S/C13H19F2NO/c1-9(2)7-16-13(3,8-17)11-6-10(14)4-5-12(11)15/h4-6,9,16-17H,7-8H2,1-3H3. The van der Waals surface area contributed by atoms with Crippen molar-refractivity contribution in [3.63, 3.8) is 0 Å². The molecule has 0 aliphatic heterocycles. The van der Waals surface area contributed by atoms with Gasteiger partial charge in [0.25, 0.3) is 0 Å². The van der Waals surface area contributed by atoms with Crippen LogP contribution in [0, 0.1) is 17.6 Å². The summed E-state index contributed by atoms with van der Waals surface area (Å²) in [5.41, 5.74) is -0.808. The van der Waals surface area contributed by atoms with Crippen molar-refractivity contribution in [2.75, 3.05) is 13.2 Å². The number of benzene rings is 1. The Bertz CT molecular complexity index is 382. The highest BCUT2D eigenvalue weighted by molar-refractivity contribution is 5.26. The number of hydrogen-bond donors (Lipinski definition) is 2. The molecule has 1 aromatic rings. The maximum absolute atomic E-state index is 13.7. The SMILES string of the molecule is CC(C)CNC(C)(CO)c1cc(F)ccc1F. The molecule has 1 rings (SSSR count). The van der Waals surface area contributed by atoms with Crippen molar-refractivity contribution in [1.29, 1.82) is 0 Å². The van der Waals surface area contributed by atoms with Crippen LogP contribution in [-0.2, 0) is 5.54 Å². The molecule has 0 fully saturated rings. The van der Waals surface area contributed by atoms with Crippen LogP contribution in [0.25, 0.3) is 0 Å². The average Bonchev–Trinajstić information content (AvgIpc) is 2.29. The van der Waals surface area contributed by atoms with Crippen molar-refractivity contribution < 1.29 is 13.9 Å². The van der Waals surface area contributed by atoms with Crippen LogP contribution in [0.2, 0.25) is 0 Å². The van der Waals surface area contributed by atoms with Gasteiger partial charge in [-0.25, -0.2) is 8.78 Å². The summed E-state index contributed by atoms with van der Waals surface area (Å²) in [5, 5.41) is 12.5. The summed E-state index contributed by atoms with van der Waals surface area (Å²) in [6, 6.07) is 3.27. The summed E-state index contributed by atoms with van der Waals surface area (Å²) in [6.45, 7) is 6.00. The molecule has 0 saturated heterocycles. The molecular weight excluding hydrogens is 224 g/mol. The summed E-state index contributed by atoms with van der Waals surface area (Å²) in [4.78, 5) is 0. The van der Waals surface area contributed by atoms with Gasteiger partial charge in [0.05, 0.1) is 12.1 Å². The Morgan fingerprint density at radius 2 is 2.00 bits per heavy atom. The van der Waals surface area contributed by atoms with E-state index < -0.39 is 17.2 Å². The largest absolute Gasteiger partial charge is 0.394 e. The molecular formula is C13H19F2NO. The Morgan fingerprint density at radius 1 is 1.35 bits per heavy atom. The van der Waals surface area contributed by atoms with Crippen molar-refractivity contribution in [2.45, 2.75) is 26.3 Å². The Hall–Kier alpha value is -1.00. The maximum atomic E-state index is 13.7. The van der Waals surface area contributed by atoms with Gasteiger partial charge in [0.2, 0.25) is 0 Å². The molecule has 0 aliphatic carbocycles. The second-order valence-corrected chi connectivity index (χ2v) is 4.89. The first kappa shape index (κ1) is 14.1. The van der Waals surface area contributed by atoms with E-state index in [1.54, 1.807) is 6.92 Å². The lowest BCUT2D eigenvalue weighted by Gasteiger charge is -2.30. The van der Waals surface area contributed by atoms with Gasteiger partial charge in [-0.15, -0.1) is 0 Å². The predicted octanol–water partition coefficient (Wildman–Crippen LogP) is 2.42. The van der Waals surface area contributed by atoms with Gasteiger partial charge in [-0.05, 0) is 37.6 Å². The summed E-state index contributed by atoms with van der Waals surface area (Å²) in [5.74, 6) is -0.663. The van der Waals surface area contributed by atoms with Crippen LogP contribution in [0.15, 0.2) is 18.2 Å². The molecule has 0 saturated carbocycles. The molecule has 0 amide bonds. The number of hydrogen-bond acceptors (Lipinski definition) is 2. The second-order valence-electron chi connectivity index (χ2n) is 4.89. The van der Waals surface area contributed by atoms with Gasteiger partial charge >= 0.3 is 0 Å². The summed E-state index contributed by atoms with van der Waals surface area (Å²) >= 11 is 0. The van der Waals surface area contributed by atoms with Gasteiger partial charge < -0.3 is 10.4 Å². The first-order valence-electron chi connectivity index (χ1n) is 5.70. The summed E-state index contributed by atoms with van der Waals surface area (Å²) in [6.07, 6.45) is 0. The number of halogens is 2. The van der Waals surface area contributed by atoms with Gasteiger partial charge in [0.15, 0.2) is 0 Å². The van der Waals surface area contributed by atoms with E-state index in [4.69, 9.17) is 0 Å². The van der Waals surface area contributed by atoms with E-state index in [0.717, 1.165) is 18.2 Å². The molecule has 0 aliphatic rings. The minimum absolute atomic E-state index is 0.153. The lowest BCUT2D eigenvalue weighted by atomic mass is 9.91. The van der Waals surface area contributed by atoms with Crippen LogP contribution < -0.4 is 5.32 Å². The van der Waals surface area contributed by atoms with Crippen LogP contribution in [0.4, 0.5) is 8.78 Å². The molecule has 1 aromatic carbocycles. The smallest absolute Gasteiger partial charge is 0.128 e. The number of aliphatic hydroxyl groups is 1. The molecule has 2 nitrogen and oxygen atoms in total. The molecule has 1 atom stereocenters. The molecule has 0 bridgehead atoms. The topological polar surface area (TPSA) is 32.3 Å². The Labute approximate surface area is 101 Å². The fraction of sp³-hybridized carbons (Fsp3) is 0.538. The normalized spacial score (nSPS) is 15.0. The Kier molecular flexibility index (Phi) is 4.60. The molecule has 2 N–H and O–H groups in total. The molecule has 4 heteroatoms. The average molecular weight is 243 g/mol.